The molecule has 0 spiro atoms. The minimum atomic E-state index is -4.75. The molecule has 10 heteroatoms. The molecule has 0 amide bonds. The van der Waals surface area contributed by atoms with Gasteiger partial charge in [0.1, 0.15) is 17.8 Å². The molecule has 0 aliphatic carbocycles. The van der Waals surface area contributed by atoms with Gasteiger partial charge in [0.15, 0.2) is 0 Å². The lowest BCUT2D eigenvalue weighted by molar-refractivity contribution is -0.154. The normalized spacial score (nSPS) is 11.5. The van der Waals surface area contributed by atoms with Crippen molar-refractivity contribution >= 4 is 5.97 Å². The molecule has 0 atom stereocenters. The maximum Gasteiger partial charge on any atom is 0.453 e. The summed E-state index contributed by atoms with van der Waals surface area (Å²) in [5, 5.41) is 3.64. The topological polar surface area (TPSA) is 83.0 Å². The third-order valence-electron chi connectivity index (χ3n) is 4.27. The summed E-state index contributed by atoms with van der Waals surface area (Å²) in [6.07, 6.45) is -0.748. The molecule has 0 N–H and O–H groups in total. The van der Waals surface area contributed by atoms with Crippen LogP contribution >= 0.6 is 0 Å². The molecule has 0 fully saturated rings. The van der Waals surface area contributed by atoms with Crippen molar-refractivity contribution in [1.29, 1.82) is 0 Å². The van der Waals surface area contributed by atoms with Gasteiger partial charge in [-0.2, -0.15) is 13.2 Å². The fourth-order valence-electron chi connectivity index (χ4n) is 2.87. The van der Waals surface area contributed by atoms with E-state index in [1.807, 2.05) is 0 Å². The maximum atomic E-state index is 13.5. The van der Waals surface area contributed by atoms with Crippen molar-refractivity contribution in [2.75, 3.05) is 7.11 Å². The summed E-state index contributed by atoms with van der Waals surface area (Å²) in [5.41, 5.74) is 0.482. The quantitative estimate of drug-likeness (QED) is 0.461. The molecule has 0 unspecified atom stereocenters. The van der Waals surface area contributed by atoms with Gasteiger partial charge >= 0.3 is 12.1 Å². The Morgan fingerprint density at radius 1 is 1.10 bits per heavy atom. The first kappa shape index (κ1) is 19.4. The van der Waals surface area contributed by atoms with Crippen LogP contribution in [0.15, 0.2) is 65.7 Å². The minimum Gasteiger partial charge on any atom is -0.465 e. The van der Waals surface area contributed by atoms with Crippen molar-refractivity contribution < 1.29 is 27.2 Å². The van der Waals surface area contributed by atoms with Gasteiger partial charge in [0.25, 0.3) is 0 Å². The Labute approximate surface area is 167 Å². The summed E-state index contributed by atoms with van der Waals surface area (Å²) in [5.74, 6) is -1.43. The Kier molecular flexibility index (Phi) is 4.82. The fraction of sp³-hybridized carbons (Fsp3) is 0.100. The molecular formula is C20H13F3N4O3. The lowest BCUT2D eigenvalue weighted by Crippen LogP contribution is -2.05. The van der Waals surface area contributed by atoms with Crippen LogP contribution in [0.2, 0.25) is 0 Å². The number of methoxy groups -OCH3 is 1. The molecule has 0 radical (unpaired) electrons. The van der Waals surface area contributed by atoms with Gasteiger partial charge in [-0.15, -0.1) is 0 Å². The summed E-state index contributed by atoms with van der Waals surface area (Å²) >= 11 is 0. The van der Waals surface area contributed by atoms with Gasteiger partial charge in [-0.05, 0) is 12.1 Å². The fourth-order valence-corrected chi connectivity index (χ4v) is 2.87. The molecule has 7 nitrogen and oxygen atoms in total. The number of alkyl halides is 3. The monoisotopic (exact) mass is 414 g/mol. The summed E-state index contributed by atoms with van der Waals surface area (Å²) < 4.78 is 51.3. The van der Waals surface area contributed by atoms with Crippen molar-refractivity contribution in [2.45, 2.75) is 6.18 Å². The van der Waals surface area contributed by atoms with Crippen LogP contribution in [0.3, 0.4) is 0 Å². The number of halogens is 3. The van der Waals surface area contributed by atoms with Gasteiger partial charge in [0.05, 0.1) is 23.9 Å². The molecule has 0 saturated carbocycles. The number of rotatable bonds is 4. The van der Waals surface area contributed by atoms with Crippen molar-refractivity contribution in [2.24, 2.45) is 0 Å². The van der Waals surface area contributed by atoms with Gasteiger partial charge in [-0.25, -0.2) is 14.8 Å². The number of hydrogen-bond donors (Lipinski definition) is 0. The number of ether oxygens (including phenoxy) is 1. The van der Waals surface area contributed by atoms with Crippen LogP contribution in [0.1, 0.15) is 16.1 Å². The van der Waals surface area contributed by atoms with Crippen LogP contribution in [-0.4, -0.2) is 32.8 Å². The molecule has 4 rings (SSSR count). The first-order chi connectivity index (χ1) is 14.4. The van der Waals surface area contributed by atoms with E-state index in [4.69, 9.17) is 0 Å². The highest BCUT2D eigenvalue weighted by Gasteiger charge is 2.41. The Hall–Kier alpha value is -3.95. The smallest absolute Gasteiger partial charge is 0.453 e. The van der Waals surface area contributed by atoms with Crippen LogP contribution in [0, 0.1) is 0 Å². The second kappa shape index (κ2) is 7.47. The van der Waals surface area contributed by atoms with Crippen LogP contribution in [-0.2, 0) is 10.9 Å². The summed E-state index contributed by atoms with van der Waals surface area (Å²) in [7, 11) is 1.25. The standard InChI is InChI=1S/C20H13F3N4O3/c1-29-19(28)13-7-8-15(24-9-13)27-10-14(25-11-27)16-17(12-5-3-2-4-6-12)26-30-18(16)20(21,22)23/h2-11H,1H3. The third-order valence-corrected chi connectivity index (χ3v) is 4.27. The van der Waals surface area contributed by atoms with E-state index in [9.17, 15) is 18.0 Å². The molecule has 1 aromatic carbocycles. The number of pyridine rings is 1. The van der Waals surface area contributed by atoms with E-state index in [-0.39, 0.29) is 22.5 Å². The lowest BCUT2D eigenvalue weighted by Gasteiger charge is -2.05. The summed E-state index contributed by atoms with van der Waals surface area (Å²) in [4.78, 5) is 19.7. The average molecular weight is 414 g/mol. The van der Waals surface area contributed by atoms with Crippen LogP contribution in [0.4, 0.5) is 13.2 Å². The van der Waals surface area contributed by atoms with Gasteiger partial charge in [0, 0.05) is 18.0 Å². The van der Waals surface area contributed by atoms with Crippen molar-refractivity contribution in [1.82, 2.24) is 19.7 Å². The van der Waals surface area contributed by atoms with E-state index < -0.39 is 17.9 Å². The summed E-state index contributed by atoms with van der Waals surface area (Å²) in [6.45, 7) is 0. The Morgan fingerprint density at radius 2 is 1.87 bits per heavy atom. The van der Waals surface area contributed by atoms with Gasteiger partial charge in [0.2, 0.25) is 5.76 Å². The van der Waals surface area contributed by atoms with E-state index in [2.05, 4.69) is 24.4 Å². The first-order valence-corrected chi connectivity index (χ1v) is 8.60. The van der Waals surface area contributed by atoms with Crippen LogP contribution < -0.4 is 0 Å². The number of carbonyl (C=O) groups excluding carboxylic acids is 1. The number of aromatic nitrogens is 4. The van der Waals surface area contributed by atoms with E-state index in [0.29, 0.717) is 11.4 Å². The van der Waals surface area contributed by atoms with Crippen LogP contribution in [0.5, 0.6) is 0 Å². The number of carbonyl (C=O) groups is 1. The second-order valence-corrected chi connectivity index (χ2v) is 6.16. The Morgan fingerprint density at radius 3 is 2.50 bits per heavy atom. The van der Waals surface area contributed by atoms with Crippen molar-refractivity contribution in [3.05, 3.63) is 72.5 Å². The van der Waals surface area contributed by atoms with Gasteiger partial charge < -0.3 is 9.26 Å². The zero-order valence-electron chi connectivity index (χ0n) is 15.4. The molecule has 30 heavy (non-hydrogen) atoms. The number of esters is 1. The lowest BCUT2D eigenvalue weighted by atomic mass is 10.0. The Bertz CT molecular complexity index is 1180. The zero-order chi connectivity index (χ0) is 21.3. The van der Waals surface area contributed by atoms with E-state index in [1.165, 1.54) is 42.5 Å². The number of hydrogen-bond acceptors (Lipinski definition) is 6. The molecule has 152 valence electrons. The second-order valence-electron chi connectivity index (χ2n) is 6.16. The zero-order valence-corrected chi connectivity index (χ0v) is 15.4. The van der Waals surface area contributed by atoms with E-state index in [1.54, 1.807) is 30.3 Å². The van der Waals surface area contributed by atoms with Crippen molar-refractivity contribution in [3.8, 4) is 28.3 Å². The highest BCUT2D eigenvalue weighted by atomic mass is 19.4. The number of benzene rings is 1. The predicted octanol–water partition coefficient (Wildman–Crippen LogP) is 4.39. The SMILES string of the molecule is COC(=O)c1ccc(-n2cnc(-c3c(-c4ccccc4)noc3C(F)(F)F)c2)nc1. The van der Waals surface area contributed by atoms with E-state index >= 15 is 0 Å². The Balaban J connectivity index is 1.78. The van der Waals surface area contributed by atoms with Gasteiger partial charge in [-0.3, -0.25) is 4.57 Å². The molecule has 4 aromatic rings. The predicted molar refractivity (Wildman–Crippen MR) is 98.6 cm³/mol. The molecule has 0 aliphatic rings. The third kappa shape index (κ3) is 3.54. The molecule has 0 aliphatic heterocycles. The highest BCUT2D eigenvalue weighted by Crippen LogP contribution is 2.42. The summed E-state index contributed by atoms with van der Waals surface area (Å²) in [6, 6.07) is 11.4. The molecule has 3 aromatic heterocycles. The first-order valence-electron chi connectivity index (χ1n) is 8.60. The molecular weight excluding hydrogens is 401 g/mol. The maximum absolute atomic E-state index is 13.5. The van der Waals surface area contributed by atoms with Gasteiger partial charge in [-0.1, -0.05) is 35.5 Å². The van der Waals surface area contributed by atoms with E-state index in [0.717, 1.165) is 0 Å². The molecule has 0 saturated heterocycles. The van der Waals surface area contributed by atoms with Crippen LogP contribution in [0.25, 0.3) is 28.3 Å². The number of nitrogens with zero attached hydrogens (tertiary/aromatic N) is 4. The highest BCUT2D eigenvalue weighted by molar-refractivity contribution is 5.89. The minimum absolute atomic E-state index is 0.0151. The molecule has 0 bridgehead atoms. The average Bonchev–Trinajstić information content (AvgIpc) is 3.41. The molecule has 3 heterocycles. The number of imidazole rings is 1. The van der Waals surface area contributed by atoms with Crippen molar-refractivity contribution in [3.63, 3.8) is 0 Å². The largest absolute Gasteiger partial charge is 0.465 e.